The molecule has 0 fully saturated rings. The molecule has 2 N–H and O–H groups in total. The zero-order valence-electron chi connectivity index (χ0n) is 39.5. The molecule has 0 spiro atoms. The summed E-state index contributed by atoms with van der Waals surface area (Å²) in [6.07, 6.45) is 54.7. The van der Waals surface area contributed by atoms with Gasteiger partial charge in [-0.2, -0.15) is 0 Å². The lowest BCUT2D eigenvalue weighted by Gasteiger charge is -2.15. The molecule has 0 aliphatic rings. The van der Waals surface area contributed by atoms with Gasteiger partial charge >= 0.3 is 14.6 Å². The Balaban J connectivity index is 0. The second-order valence-corrected chi connectivity index (χ2v) is 17.2. The fraction of sp³-hybridized carbons (Fsp3) is 1.00. The predicted molar refractivity (Wildman–Crippen MR) is 252 cm³/mol. The van der Waals surface area contributed by atoms with Crippen molar-refractivity contribution in [2.45, 2.75) is 291 Å². The first-order chi connectivity index (χ1) is 28.1. The van der Waals surface area contributed by atoms with Crippen LogP contribution in [0.3, 0.4) is 0 Å². The highest BCUT2D eigenvalue weighted by Gasteiger charge is 2.20. The third-order valence-corrected chi connectivity index (χ3v) is 11.3. The summed E-state index contributed by atoms with van der Waals surface area (Å²) in [4.78, 5) is 0. The molecule has 0 rings (SSSR count). The lowest BCUT2D eigenvalue weighted by Crippen LogP contribution is -2.28. The molecule has 0 saturated heterocycles. The summed E-state index contributed by atoms with van der Waals surface area (Å²) < 4.78 is 22.8. The van der Waals surface area contributed by atoms with Crippen LogP contribution >= 0.6 is 0 Å². The van der Waals surface area contributed by atoms with Crippen molar-refractivity contribution in [1.29, 1.82) is 0 Å². The third kappa shape index (κ3) is 58.0. The van der Waals surface area contributed by atoms with Crippen molar-refractivity contribution in [3.63, 3.8) is 0 Å². The van der Waals surface area contributed by atoms with Gasteiger partial charge in [-0.1, -0.05) is 265 Å². The third-order valence-electron chi connectivity index (χ3n) is 11.3. The van der Waals surface area contributed by atoms with E-state index in [2.05, 4.69) is 32.3 Å². The van der Waals surface area contributed by atoms with Crippen molar-refractivity contribution in [3.05, 3.63) is 0 Å². The maximum absolute atomic E-state index is 8.45. The second kappa shape index (κ2) is 55.9. The van der Waals surface area contributed by atoms with Crippen LogP contribution < -0.4 is 0 Å². The molecule has 0 heterocycles. The number of rotatable bonds is 49. The van der Waals surface area contributed by atoms with Gasteiger partial charge in [0.15, 0.2) is 0 Å². The molecular weight excluding hydrogens is 706 g/mol. The topological polar surface area (TPSA) is 77.4 Å². The molecule has 6 nitrogen and oxygen atoms in total. The SMILES string of the molecule is CCCCCCCCCCCCCOB(O)O.CCCCCCCCCCCCOB(OCCCCCCCCCCCC)OCCCCCCCCCCCC. The summed E-state index contributed by atoms with van der Waals surface area (Å²) >= 11 is 0. The van der Waals surface area contributed by atoms with Crippen molar-refractivity contribution >= 4 is 14.6 Å². The first-order valence-electron chi connectivity index (χ1n) is 25.9. The van der Waals surface area contributed by atoms with Crippen molar-refractivity contribution in [3.8, 4) is 0 Å². The van der Waals surface area contributed by atoms with E-state index >= 15 is 0 Å². The first-order valence-corrected chi connectivity index (χ1v) is 25.9. The van der Waals surface area contributed by atoms with Gasteiger partial charge in [0.2, 0.25) is 0 Å². The van der Waals surface area contributed by atoms with E-state index in [-0.39, 0.29) is 0 Å². The minimum absolute atomic E-state index is 0.453. The van der Waals surface area contributed by atoms with E-state index in [0.29, 0.717) is 6.61 Å². The van der Waals surface area contributed by atoms with E-state index in [1.54, 1.807) is 0 Å². The summed E-state index contributed by atoms with van der Waals surface area (Å²) in [6, 6.07) is 0. The molecule has 0 aromatic carbocycles. The van der Waals surface area contributed by atoms with Gasteiger partial charge in [-0.25, -0.2) is 0 Å². The van der Waals surface area contributed by atoms with E-state index in [9.17, 15) is 0 Å². The fourth-order valence-electron chi connectivity index (χ4n) is 7.41. The van der Waals surface area contributed by atoms with Gasteiger partial charge < -0.3 is 28.7 Å². The smallest absolute Gasteiger partial charge is 0.402 e. The zero-order chi connectivity index (χ0) is 41.8. The molecule has 342 valence electrons. The van der Waals surface area contributed by atoms with Crippen molar-refractivity contribution in [1.82, 2.24) is 0 Å². The number of unbranched alkanes of at least 4 members (excludes halogenated alkanes) is 37. The monoisotopic (exact) mass is 811 g/mol. The Kier molecular flexibility index (Phi) is 57.8. The summed E-state index contributed by atoms with van der Waals surface area (Å²) in [5.74, 6) is 0. The molecular formula is C49H104B2O6. The van der Waals surface area contributed by atoms with Gasteiger partial charge in [-0.05, 0) is 25.7 Å². The average molecular weight is 811 g/mol. The summed E-state index contributed by atoms with van der Waals surface area (Å²) in [7, 11) is -2.06. The molecule has 0 unspecified atom stereocenters. The van der Waals surface area contributed by atoms with E-state index in [4.69, 9.17) is 24.0 Å². The van der Waals surface area contributed by atoms with Crippen LogP contribution in [0, 0.1) is 0 Å². The largest absolute Gasteiger partial charge is 0.639 e. The van der Waals surface area contributed by atoms with Crippen LogP contribution in [-0.2, 0) is 18.6 Å². The molecule has 0 aromatic rings. The van der Waals surface area contributed by atoms with E-state index in [1.807, 2.05) is 0 Å². The second-order valence-electron chi connectivity index (χ2n) is 17.2. The normalized spacial score (nSPS) is 11.3. The minimum atomic E-state index is -1.60. The molecule has 0 saturated carbocycles. The first kappa shape index (κ1) is 59.0. The average Bonchev–Trinajstić information content (AvgIpc) is 3.21. The lowest BCUT2D eigenvalue weighted by molar-refractivity contribution is 0.0885. The summed E-state index contributed by atoms with van der Waals surface area (Å²) in [6.45, 7) is 11.9. The van der Waals surface area contributed by atoms with Crippen molar-refractivity contribution < 1.29 is 28.7 Å². The summed E-state index contributed by atoms with van der Waals surface area (Å²) in [5.41, 5.74) is 0. The molecule has 0 radical (unpaired) electrons. The zero-order valence-corrected chi connectivity index (χ0v) is 39.5. The van der Waals surface area contributed by atoms with Crippen LogP contribution in [0.15, 0.2) is 0 Å². The summed E-state index contributed by atoms with van der Waals surface area (Å²) in [5, 5.41) is 16.9. The van der Waals surface area contributed by atoms with Gasteiger partial charge in [0, 0.05) is 26.4 Å². The Labute approximate surface area is 359 Å². The quantitative estimate of drug-likeness (QED) is 0.0471. The highest BCUT2D eigenvalue weighted by Crippen LogP contribution is 2.15. The molecule has 0 aliphatic carbocycles. The van der Waals surface area contributed by atoms with Crippen LogP contribution in [0.5, 0.6) is 0 Å². The highest BCUT2D eigenvalue weighted by molar-refractivity contribution is 6.36. The van der Waals surface area contributed by atoms with Gasteiger partial charge in [-0.3, -0.25) is 0 Å². The molecule has 8 heteroatoms. The Bertz CT molecular complexity index is 612. The highest BCUT2D eigenvalue weighted by atomic mass is 16.7. The molecule has 0 bridgehead atoms. The standard InChI is InChI=1S/C36H75BO3.C13H29BO3/c1-4-7-10-13-16-19-22-25-28-31-34-38-37(39-35-32-29-26-23-20-17-14-11-8-5-2)40-36-33-30-27-24-21-18-15-12-9-6-3;1-2-3-4-5-6-7-8-9-10-11-12-13-17-14(15)16/h4-36H2,1-3H3;15-16H,2-13H2,1H3. The van der Waals surface area contributed by atoms with Crippen molar-refractivity contribution in [2.24, 2.45) is 0 Å². The lowest BCUT2D eigenvalue weighted by atomic mass is 10.1. The molecule has 0 atom stereocenters. The molecule has 57 heavy (non-hydrogen) atoms. The maximum atomic E-state index is 8.45. The van der Waals surface area contributed by atoms with E-state index < -0.39 is 14.6 Å². The van der Waals surface area contributed by atoms with Crippen LogP contribution in [-0.4, -0.2) is 51.1 Å². The van der Waals surface area contributed by atoms with Gasteiger partial charge in [-0.15, -0.1) is 0 Å². The predicted octanol–water partition coefficient (Wildman–Crippen LogP) is 16.1. The Morgan fingerprint density at radius 1 is 0.228 bits per heavy atom. The Morgan fingerprint density at radius 2 is 0.386 bits per heavy atom. The maximum Gasteiger partial charge on any atom is 0.639 e. The minimum Gasteiger partial charge on any atom is -0.402 e. The molecule has 0 amide bonds. The van der Waals surface area contributed by atoms with Crippen LogP contribution in [0.4, 0.5) is 0 Å². The van der Waals surface area contributed by atoms with Gasteiger partial charge in [0.05, 0.1) is 0 Å². The van der Waals surface area contributed by atoms with Crippen LogP contribution in [0.25, 0.3) is 0 Å². The Hall–Kier alpha value is -0.110. The Morgan fingerprint density at radius 3 is 0.561 bits per heavy atom. The fourth-order valence-corrected chi connectivity index (χ4v) is 7.41. The van der Waals surface area contributed by atoms with E-state index in [0.717, 1.165) is 51.9 Å². The van der Waals surface area contributed by atoms with Gasteiger partial charge in [0.1, 0.15) is 0 Å². The number of hydrogen-bond acceptors (Lipinski definition) is 6. The van der Waals surface area contributed by atoms with Crippen molar-refractivity contribution in [2.75, 3.05) is 26.4 Å². The molecule has 0 aromatic heterocycles. The van der Waals surface area contributed by atoms with Crippen LogP contribution in [0.1, 0.15) is 291 Å². The molecule has 0 aliphatic heterocycles. The van der Waals surface area contributed by atoms with Crippen LogP contribution in [0.2, 0.25) is 0 Å². The number of hydrogen-bond donors (Lipinski definition) is 2. The van der Waals surface area contributed by atoms with Gasteiger partial charge in [0.25, 0.3) is 0 Å². The van der Waals surface area contributed by atoms with E-state index in [1.165, 1.54) is 231 Å².